The molecular formula is C10H19N. The molecule has 11 heavy (non-hydrogen) atoms. The number of allylic oxidation sites excluding steroid dienone is 4. The summed E-state index contributed by atoms with van der Waals surface area (Å²) in [4.78, 5) is 3.82. The summed E-state index contributed by atoms with van der Waals surface area (Å²) in [5.74, 6) is 0. The third-order valence-electron chi connectivity index (χ3n) is 0.916. The van der Waals surface area contributed by atoms with E-state index in [0.717, 1.165) is 0 Å². The molecule has 0 spiro atoms. The van der Waals surface area contributed by atoms with E-state index in [9.17, 15) is 0 Å². The van der Waals surface area contributed by atoms with Crippen LogP contribution in [0.15, 0.2) is 28.8 Å². The Morgan fingerprint density at radius 1 is 1.27 bits per heavy atom. The Labute approximate surface area is 70.5 Å². The second kappa shape index (κ2) is 11.9. The van der Waals surface area contributed by atoms with Gasteiger partial charge in [0.25, 0.3) is 0 Å². The third-order valence-corrected chi connectivity index (χ3v) is 0.916. The van der Waals surface area contributed by atoms with Gasteiger partial charge in [-0.15, -0.1) is 0 Å². The van der Waals surface area contributed by atoms with Gasteiger partial charge in [0.05, 0.1) is 0 Å². The maximum Gasteiger partial charge on any atom is 0.0277 e. The molecule has 0 heterocycles. The molecule has 0 unspecified atom stereocenters. The molecule has 64 valence electrons. The second-order valence-corrected chi connectivity index (χ2v) is 1.82. The van der Waals surface area contributed by atoms with E-state index in [0.29, 0.717) is 0 Å². The fourth-order valence-corrected chi connectivity index (χ4v) is 0.511. The zero-order chi connectivity index (χ0) is 9.11. The van der Waals surface area contributed by atoms with Crippen molar-refractivity contribution in [2.45, 2.75) is 27.7 Å². The van der Waals surface area contributed by atoms with E-state index in [1.54, 1.807) is 13.3 Å². The predicted octanol–water partition coefficient (Wildman–Crippen LogP) is 3.24. The van der Waals surface area contributed by atoms with Crippen molar-refractivity contribution < 1.29 is 0 Å². The van der Waals surface area contributed by atoms with Crippen LogP contribution in [-0.4, -0.2) is 13.3 Å². The molecule has 0 saturated carbocycles. The average molecular weight is 153 g/mol. The molecule has 1 nitrogen and oxygen atoms in total. The first-order valence-corrected chi connectivity index (χ1v) is 4.03. The van der Waals surface area contributed by atoms with Gasteiger partial charge in [-0.3, -0.25) is 4.99 Å². The van der Waals surface area contributed by atoms with E-state index in [4.69, 9.17) is 0 Å². The lowest BCUT2D eigenvalue weighted by Crippen LogP contribution is -1.68. The van der Waals surface area contributed by atoms with Crippen LogP contribution in [0, 0.1) is 0 Å². The Balaban J connectivity index is 0. The van der Waals surface area contributed by atoms with Crippen LogP contribution < -0.4 is 0 Å². The molecule has 0 aromatic carbocycles. The van der Waals surface area contributed by atoms with Crippen LogP contribution in [0.4, 0.5) is 0 Å². The number of nitrogens with zero attached hydrogens (tertiary/aromatic N) is 1. The highest BCUT2D eigenvalue weighted by atomic mass is 14.6. The van der Waals surface area contributed by atoms with Crippen LogP contribution in [0.1, 0.15) is 27.7 Å². The number of hydrogen-bond donors (Lipinski definition) is 0. The van der Waals surface area contributed by atoms with Crippen molar-refractivity contribution >= 4 is 6.21 Å². The van der Waals surface area contributed by atoms with Crippen molar-refractivity contribution in [1.29, 1.82) is 0 Å². The normalized spacial score (nSPS) is 11.9. The van der Waals surface area contributed by atoms with Gasteiger partial charge in [-0.1, -0.05) is 26.0 Å². The summed E-state index contributed by atoms with van der Waals surface area (Å²) in [5.41, 5.74) is 1.23. The molecule has 0 atom stereocenters. The van der Waals surface area contributed by atoms with Crippen LogP contribution in [0.25, 0.3) is 0 Å². The minimum Gasteiger partial charge on any atom is -0.297 e. The van der Waals surface area contributed by atoms with E-state index >= 15 is 0 Å². The SMILES string of the molecule is C/C=C\C(C)=C/C=NC.CC. The lowest BCUT2D eigenvalue weighted by atomic mass is 10.3. The summed E-state index contributed by atoms with van der Waals surface area (Å²) >= 11 is 0. The quantitative estimate of drug-likeness (QED) is 0.426. The van der Waals surface area contributed by atoms with Crippen LogP contribution in [0.2, 0.25) is 0 Å². The minimum atomic E-state index is 1.23. The van der Waals surface area contributed by atoms with Gasteiger partial charge < -0.3 is 0 Å². The van der Waals surface area contributed by atoms with Gasteiger partial charge in [0, 0.05) is 13.3 Å². The summed E-state index contributed by atoms with van der Waals surface area (Å²) < 4.78 is 0. The first-order chi connectivity index (χ1) is 5.31. The van der Waals surface area contributed by atoms with E-state index < -0.39 is 0 Å². The summed E-state index contributed by atoms with van der Waals surface area (Å²) in [5, 5.41) is 0. The van der Waals surface area contributed by atoms with Crippen LogP contribution in [0.3, 0.4) is 0 Å². The van der Waals surface area contributed by atoms with Gasteiger partial charge >= 0.3 is 0 Å². The fourth-order valence-electron chi connectivity index (χ4n) is 0.511. The lowest BCUT2D eigenvalue weighted by Gasteiger charge is -1.83. The van der Waals surface area contributed by atoms with Crippen molar-refractivity contribution in [2.24, 2.45) is 4.99 Å². The fraction of sp³-hybridized carbons (Fsp3) is 0.500. The molecule has 0 amide bonds. The average Bonchev–Trinajstić information content (AvgIpc) is 2.05. The summed E-state index contributed by atoms with van der Waals surface area (Å²) in [6.07, 6.45) is 7.81. The Bertz CT molecular complexity index is 141. The van der Waals surface area contributed by atoms with Gasteiger partial charge in [-0.25, -0.2) is 0 Å². The van der Waals surface area contributed by atoms with Crippen molar-refractivity contribution in [2.75, 3.05) is 7.05 Å². The molecule has 0 bridgehead atoms. The molecule has 0 aromatic heterocycles. The van der Waals surface area contributed by atoms with Crippen LogP contribution in [-0.2, 0) is 0 Å². The minimum absolute atomic E-state index is 1.23. The maximum absolute atomic E-state index is 3.82. The molecule has 0 aliphatic rings. The van der Waals surface area contributed by atoms with Gasteiger partial charge in [-0.05, 0) is 25.5 Å². The van der Waals surface area contributed by atoms with Crippen LogP contribution >= 0.6 is 0 Å². The standard InChI is InChI=1S/C8H13N.C2H6/c1-4-5-8(2)6-7-9-3;1-2/h4-7H,1-3H3;1-2H3/b5-4-,8-6-,9-7?;. The first kappa shape index (κ1) is 12.8. The molecule has 1 heteroatoms. The summed E-state index contributed by atoms with van der Waals surface area (Å²) in [6, 6.07) is 0. The zero-order valence-corrected chi connectivity index (χ0v) is 8.26. The monoisotopic (exact) mass is 153 g/mol. The second-order valence-electron chi connectivity index (χ2n) is 1.82. The van der Waals surface area contributed by atoms with Crippen molar-refractivity contribution in [3.63, 3.8) is 0 Å². The molecule has 0 N–H and O–H groups in total. The molecule has 0 radical (unpaired) electrons. The first-order valence-electron chi connectivity index (χ1n) is 4.03. The van der Waals surface area contributed by atoms with Gasteiger partial charge in [0.15, 0.2) is 0 Å². The topological polar surface area (TPSA) is 12.4 Å². The van der Waals surface area contributed by atoms with E-state index in [1.807, 2.05) is 45.9 Å². The smallest absolute Gasteiger partial charge is 0.0277 e. The van der Waals surface area contributed by atoms with E-state index in [2.05, 4.69) is 4.99 Å². The largest absolute Gasteiger partial charge is 0.297 e. The summed E-state index contributed by atoms with van der Waals surface area (Å²) in [6.45, 7) is 8.04. The molecule has 0 fully saturated rings. The molecule has 0 rings (SSSR count). The van der Waals surface area contributed by atoms with Crippen molar-refractivity contribution in [3.8, 4) is 0 Å². The number of hydrogen-bond acceptors (Lipinski definition) is 1. The highest BCUT2D eigenvalue weighted by Gasteiger charge is 1.73. The van der Waals surface area contributed by atoms with Gasteiger partial charge in [-0.2, -0.15) is 0 Å². The zero-order valence-electron chi connectivity index (χ0n) is 8.26. The molecule has 0 aliphatic heterocycles. The van der Waals surface area contributed by atoms with Crippen molar-refractivity contribution in [1.82, 2.24) is 0 Å². The Hall–Kier alpha value is -0.850. The Morgan fingerprint density at radius 3 is 2.18 bits per heavy atom. The van der Waals surface area contributed by atoms with Crippen LogP contribution in [0.5, 0.6) is 0 Å². The van der Waals surface area contributed by atoms with E-state index in [-0.39, 0.29) is 0 Å². The number of rotatable bonds is 2. The van der Waals surface area contributed by atoms with Gasteiger partial charge in [0.2, 0.25) is 0 Å². The third kappa shape index (κ3) is 12.4. The Morgan fingerprint density at radius 2 is 1.82 bits per heavy atom. The highest BCUT2D eigenvalue weighted by molar-refractivity contribution is 5.72. The van der Waals surface area contributed by atoms with E-state index in [1.165, 1.54) is 5.57 Å². The number of aliphatic imine (C=N–C) groups is 1. The Kier molecular flexibility index (Phi) is 13.8. The maximum atomic E-state index is 3.82. The molecular weight excluding hydrogens is 134 g/mol. The van der Waals surface area contributed by atoms with Gasteiger partial charge in [0.1, 0.15) is 0 Å². The highest BCUT2D eigenvalue weighted by Crippen LogP contribution is 1.91. The summed E-state index contributed by atoms with van der Waals surface area (Å²) in [7, 11) is 1.76. The predicted molar refractivity (Wildman–Crippen MR) is 54.3 cm³/mol. The van der Waals surface area contributed by atoms with Crippen molar-refractivity contribution in [3.05, 3.63) is 23.8 Å². The lowest BCUT2D eigenvalue weighted by molar-refractivity contribution is 1.46. The molecule has 0 aromatic rings. The molecule has 0 saturated heterocycles. The molecule has 0 aliphatic carbocycles.